The molecule has 4 unspecified atom stereocenters. The molecule has 0 radical (unpaired) electrons. The number of hydroxylamine groups is 2. The average Bonchev–Trinajstić information content (AvgIpc) is 3.28. The molecule has 0 saturated carbocycles. The van der Waals surface area contributed by atoms with Crippen LogP contribution in [0.1, 0.15) is 38.5 Å². The number of hydrogen-bond donors (Lipinski definition) is 0. The Morgan fingerprint density at radius 2 is 2.09 bits per heavy atom. The van der Waals surface area contributed by atoms with Gasteiger partial charge < -0.3 is 0 Å². The SMILES string of the molecule is C=C(C)C1CC=C(C)C(N2OC2c2ccc([N+](=O)[O-])cc2)C1. The van der Waals surface area contributed by atoms with E-state index in [1.165, 1.54) is 23.3 Å². The lowest BCUT2D eigenvalue weighted by Gasteiger charge is -2.28. The van der Waals surface area contributed by atoms with Gasteiger partial charge in [-0.3, -0.25) is 15.0 Å². The van der Waals surface area contributed by atoms with Crippen LogP contribution in [0.25, 0.3) is 0 Å². The van der Waals surface area contributed by atoms with E-state index in [1.807, 2.05) is 5.06 Å². The highest BCUT2D eigenvalue weighted by molar-refractivity contribution is 5.34. The van der Waals surface area contributed by atoms with Gasteiger partial charge in [-0.25, -0.2) is 0 Å². The summed E-state index contributed by atoms with van der Waals surface area (Å²) < 4.78 is 0. The van der Waals surface area contributed by atoms with Crippen LogP contribution in [0.4, 0.5) is 5.69 Å². The Balaban J connectivity index is 1.71. The topological polar surface area (TPSA) is 58.7 Å². The van der Waals surface area contributed by atoms with E-state index in [0.29, 0.717) is 5.92 Å². The van der Waals surface area contributed by atoms with Crippen LogP contribution in [0.15, 0.2) is 48.1 Å². The summed E-state index contributed by atoms with van der Waals surface area (Å²) >= 11 is 0. The van der Waals surface area contributed by atoms with Crippen molar-refractivity contribution < 1.29 is 9.76 Å². The summed E-state index contributed by atoms with van der Waals surface area (Å²) in [7, 11) is 0. The number of non-ortho nitro benzene ring substituents is 1. The first-order valence-electron chi connectivity index (χ1n) is 7.49. The molecule has 1 aromatic carbocycles. The Morgan fingerprint density at radius 1 is 1.41 bits per heavy atom. The quantitative estimate of drug-likeness (QED) is 0.363. The Hall–Kier alpha value is -1.98. The van der Waals surface area contributed by atoms with Crippen LogP contribution in [-0.4, -0.2) is 16.0 Å². The maximum absolute atomic E-state index is 10.7. The maximum atomic E-state index is 10.7. The second kappa shape index (κ2) is 5.66. The molecule has 1 fully saturated rings. The van der Waals surface area contributed by atoms with Gasteiger partial charge in [0.15, 0.2) is 6.23 Å². The van der Waals surface area contributed by atoms with Crippen molar-refractivity contribution >= 4 is 5.69 Å². The molecule has 22 heavy (non-hydrogen) atoms. The zero-order valence-electron chi connectivity index (χ0n) is 12.9. The molecule has 1 aliphatic heterocycles. The first kappa shape index (κ1) is 14.9. The summed E-state index contributed by atoms with van der Waals surface area (Å²) in [6.07, 6.45) is 4.23. The van der Waals surface area contributed by atoms with Crippen LogP contribution in [-0.2, 0) is 4.84 Å². The number of nitro groups is 1. The van der Waals surface area contributed by atoms with Gasteiger partial charge in [-0.2, -0.15) is 0 Å². The van der Waals surface area contributed by atoms with Crippen molar-refractivity contribution in [3.05, 3.63) is 63.7 Å². The largest absolute Gasteiger partial charge is 0.269 e. The van der Waals surface area contributed by atoms with Gasteiger partial charge in [-0.1, -0.05) is 23.8 Å². The second-order valence-electron chi connectivity index (χ2n) is 6.14. The lowest BCUT2D eigenvalue weighted by molar-refractivity contribution is -0.384. The van der Waals surface area contributed by atoms with Gasteiger partial charge in [0.2, 0.25) is 0 Å². The number of nitrogens with zero attached hydrogens (tertiary/aromatic N) is 2. The molecule has 1 aliphatic carbocycles. The minimum absolute atomic E-state index is 0.0991. The second-order valence-corrected chi connectivity index (χ2v) is 6.14. The molecule has 0 N–H and O–H groups in total. The van der Waals surface area contributed by atoms with Gasteiger partial charge in [0.1, 0.15) is 0 Å². The molecule has 116 valence electrons. The molecule has 1 aromatic rings. The Morgan fingerprint density at radius 3 is 2.68 bits per heavy atom. The standard InChI is InChI=1S/C17H20N2O3/c1-11(2)14-5-4-12(3)16(10-14)18-17(22-18)13-6-8-15(9-7-13)19(20)21/h4,6-9,14,16-17H,1,5,10H2,2-3H3. The fourth-order valence-electron chi connectivity index (χ4n) is 3.02. The van der Waals surface area contributed by atoms with E-state index < -0.39 is 0 Å². The van der Waals surface area contributed by atoms with Gasteiger partial charge in [-0.05, 0) is 44.7 Å². The number of nitro benzene ring substituents is 1. The van der Waals surface area contributed by atoms with Crippen LogP contribution in [0, 0.1) is 16.0 Å². The van der Waals surface area contributed by atoms with Crippen molar-refractivity contribution in [1.29, 1.82) is 0 Å². The number of hydrogen-bond acceptors (Lipinski definition) is 4. The average molecular weight is 300 g/mol. The first-order chi connectivity index (χ1) is 10.5. The summed E-state index contributed by atoms with van der Waals surface area (Å²) in [6.45, 7) is 8.28. The predicted octanol–water partition coefficient (Wildman–Crippen LogP) is 4.14. The molecule has 0 bridgehead atoms. The van der Waals surface area contributed by atoms with E-state index in [9.17, 15) is 10.1 Å². The maximum Gasteiger partial charge on any atom is 0.269 e. The van der Waals surface area contributed by atoms with E-state index in [-0.39, 0.29) is 22.9 Å². The number of rotatable bonds is 4. The minimum atomic E-state index is -0.388. The van der Waals surface area contributed by atoms with Crippen molar-refractivity contribution in [1.82, 2.24) is 5.06 Å². The van der Waals surface area contributed by atoms with Crippen molar-refractivity contribution in [2.75, 3.05) is 0 Å². The summed E-state index contributed by atoms with van der Waals surface area (Å²) in [5.74, 6) is 0.496. The molecule has 5 heteroatoms. The summed E-state index contributed by atoms with van der Waals surface area (Å²) in [5.41, 5.74) is 3.59. The van der Waals surface area contributed by atoms with E-state index in [0.717, 1.165) is 18.4 Å². The molecule has 4 atom stereocenters. The van der Waals surface area contributed by atoms with E-state index in [1.54, 1.807) is 12.1 Å². The van der Waals surface area contributed by atoms with Crippen LogP contribution >= 0.6 is 0 Å². The Bertz CT molecular complexity index is 636. The molecule has 0 amide bonds. The third-order valence-corrected chi connectivity index (χ3v) is 4.56. The summed E-state index contributed by atoms with van der Waals surface area (Å²) in [6, 6.07) is 6.84. The monoisotopic (exact) mass is 300 g/mol. The Labute approximate surface area is 130 Å². The number of benzene rings is 1. The highest BCUT2D eigenvalue weighted by Gasteiger charge is 2.45. The fraction of sp³-hybridized carbons (Fsp3) is 0.412. The van der Waals surface area contributed by atoms with E-state index in [2.05, 4.69) is 26.5 Å². The summed E-state index contributed by atoms with van der Waals surface area (Å²) in [5, 5.41) is 12.7. The third kappa shape index (κ3) is 2.82. The van der Waals surface area contributed by atoms with Gasteiger partial charge in [0, 0.05) is 17.7 Å². The lowest BCUT2D eigenvalue weighted by Crippen LogP contribution is -2.27. The van der Waals surface area contributed by atoms with Crippen LogP contribution in [0.5, 0.6) is 0 Å². The molecule has 1 saturated heterocycles. The highest BCUT2D eigenvalue weighted by Crippen LogP contribution is 2.45. The van der Waals surface area contributed by atoms with Gasteiger partial charge >= 0.3 is 0 Å². The van der Waals surface area contributed by atoms with Crippen molar-refractivity contribution in [3.8, 4) is 0 Å². The van der Waals surface area contributed by atoms with Crippen LogP contribution in [0.2, 0.25) is 0 Å². The normalized spacial score (nSPS) is 30.5. The van der Waals surface area contributed by atoms with Crippen LogP contribution in [0.3, 0.4) is 0 Å². The highest BCUT2D eigenvalue weighted by atomic mass is 16.8. The van der Waals surface area contributed by atoms with Gasteiger partial charge in [-0.15, -0.1) is 5.06 Å². The fourth-order valence-corrected chi connectivity index (χ4v) is 3.02. The molecular formula is C17H20N2O3. The van der Waals surface area contributed by atoms with E-state index in [4.69, 9.17) is 4.84 Å². The molecule has 2 aliphatic rings. The summed E-state index contributed by atoms with van der Waals surface area (Å²) in [4.78, 5) is 16.0. The molecule has 1 heterocycles. The van der Waals surface area contributed by atoms with Crippen molar-refractivity contribution in [2.45, 2.75) is 39.0 Å². The zero-order valence-corrected chi connectivity index (χ0v) is 12.9. The smallest absolute Gasteiger partial charge is 0.269 e. The lowest BCUT2D eigenvalue weighted by atomic mass is 9.83. The van der Waals surface area contributed by atoms with Gasteiger partial charge in [0.25, 0.3) is 5.69 Å². The van der Waals surface area contributed by atoms with E-state index >= 15 is 0 Å². The third-order valence-electron chi connectivity index (χ3n) is 4.56. The van der Waals surface area contributed by atoms with Crippen LogP contribution < -0.4 is 0 Å². The molecule has 0 spiro atoms. The molecule has 0 aromatic heterocycles. The zero-order chi connectivity index (χ0) is 15.9. The predicted molar refractivity (Wildman–Crippen MR) is 83.8 cm³/mol. The molecule has 5 nitrogen and oxygen atoms in total. The molecule has 3 rings (SSSR count). The van der Waals surface area contributed by atoms with Crippen molar-refractivity contribution in [3.63, 3.8) is 0 Å². The molecular weight excluding hydrogens is 280 g/mol. The van der Waals surface area contributed by atoms with Gasteiger partial charge in [0.05, 0.1) is 11.0 Å². The first-order valence-corrected chi connectivity index (χ1v) is 7.49. The Kier molecular flexibility index (Phi) is 3.85. The number of allylic oxidation sites excluding steroid dienone is 2. The van der Waals surface area contributed by atoms with Crippen molar-refractivity contribution in [2.24, 2.45) is 5.92 Å². The minimum Gasteiger partial charge on any atom is -0.269 e.